The summed E-state index contributed by atoms with van der Waals surface area (Å²) in [6, 6.07) is 22.4. The van der Waals surface area contributed by atoms with E-state index in [1.165, 1.54) is 16.8 Å². The van der Waals surface area contributed by atoms with Gasteiger partial charge in [-0.05, 0) is 59.9 Å². The van der Waals surface area contributed by atoms with Crippen LogP contribution in [0.3, 0.4) is 0 Å². The molecule has 1 unspecified atom stereocenters. The Morgan fingerprint density at radius 1 is 1.10 bits per heavy atom. The summed E-state index contributed by atoms with van der Waals surface area (Å²) < 4.78 is 5.52. The zero-order valence-corrected chi connectivity index (χ0v) is 18.1. The monoisotopic (exact) mass is 420 g/mol. The van der Waals surface area contributed by atoms with Gasteiger partial charge in [0.25, 0.3) is 0 Å². The number of para-hydroxylation sites is 1. The minimum absolute atomic E-state index is 0.603. The first kappa shape index (κ1) is 20.8. The second-order valence-corrected chi connectivity index (χ2v) is 8.19. The molecule has 1 heterocycles. The number of hydrogen-bond donors (Lipinski definition) is 3. The molecule has 3 aromatic carbocycles. The SMILES string of the molecule is COc1ccccc1CN1CCCc2cc(C(O)NCc3ccc(S)cc3)ccc21. The number of rotatable bonds is 7. The van der Waals surface area contributed by atoms with Crippen LogP contribution in [0.5, 0.6) is 5.75 Å². The largest absolute Gasteiger partial charge is 0.496 e. The van der Waals surface area contributed by atoms with E-state index in [0.717, 1.165) is 47.7 Å². The second kappa shape index (κ2) is 9.56. The fourth-order valence-electron chi connectivity index (χ4n) is 4.01. The van der Waals surface area contributed by atoms with Gasteiger partial charge in [-0.25, -0.2) is 0 Å². The van der Waals surface area contributed by atoms with E-state index in [2.05, 4.69) is 47.1 Å². The van der Waals surface area contributed by atoms with Gasteiger partial charge in [-0.3, -0.25) is 5.32 Å². The summed E-state index contributed by atoms with van der Waals surface area (Å²) in [6.45, 7) is 2.44. The molecular formula is C25H28N2O2S. The molecule has 0 amide bonds. The number of ether oxygens (including phenoxy) is 1. The fraction of sp³-hybridized carbons (Fsp3) is 0.280. The summed E-state index contributed by atoms with van der Waals surface area (Å²) in [7, 11) is 1.72. The van der Waals surface area contributed by atoms with Crippen molar-refractivity contribution in [1.82, 2.24) is 5.32 Å². The minimum atomic E-state index is -0.699. The molecule has 2 N–H and O–H groups in total. The van der Waals surface area contributed by atoms with E-state index in [9.17, 15) is 5.11 Å². The number of hydrogen-bond acceptors (Lipinski definition) is 5. The average molecular weight is 421 g/mol. The summed E-state index contributed by atoms with van der Waals surface area (Å²) in [5.74, 6) is 0.923. The maximum atomic E-state index is 10.7. The Kier molecular flexibility index (Phi) is 6.62. The molecule has 0 fully saturated rings. The highest BCUT2D eigenvalue weighted by atomic mass is 32.1. The van der Waals surface area contributed by atoms with E-state index >= 15 is 0 Å². The summed E-state index contributed by atoms with van der Waals surface area (Å²) in [5, 5.41) is 13.9. The smallest absolute Gasteiger partial charge is 0.131 e. The summed E-state index contributed by atoms with van der Waals surface area (Å²) in [6.07, 6.45) is 1.43. The van der Waals surface area contributed by atoms with Crippen molar-refractivity contribution < 1.29 is 9.84 Å². The Morgan fingerprint density at radius 2 is 1.90 bits per heavy atom. The first-order chi connectivity index (χ1) is 14.6. The molecule has 0 radical (unpaired) electrons. The van der Waals surface area contributed by atoms with E-state index in [1.54, 1.807) is 7.11 Å². The zero-order chi connectivity index (χ0) is 20.9. The van der Waals surface area contributed by atoms with Crippen LogP contribution in [-0.2, 0) is 19.5 Å². The molecule has 3 aromatic rings. The molecule has 0 saturated carbocycles. The van der Waals surface area contributed by atoms with Gasteiger partial charge in [0.05, 0.1) is 7.11 Å². The number of nitrogens with zero attached hydrogens (tertiary/aromatic N) is 1. The van der Waals surface area contributed by atoms with Gasteiger partial charge in [-0.2, -0.15) is 0 Å². The second-order valence-electron chi connectivity index (χ2n) is 7.67. The summed E-state index contributed by atoms with van der Waals surface area (Å²) in [5.41, 5.74) is 5.73. The molecule has 1 aliphatic heterocycles. The number of methoxy groups -OCH3 is 1. The third kappa shape index (κ3) is 4.81. The maximum absolute atomic E-state index is 10.7. The van der Waals surface area contributed by atoms with E-state index in [4.69, 9.17) is 4.74 Å². The molecule has 0 bridgehead atoms. The van der Waals surface area contributed by atoms with Gasteiger partial charge in [-0.15, -0.1) is 12.6 Å². The summed E-state index contributed by atoms with van der Waals surface area (Å²) >= 11 is 4.31. The van der Waals surface area contributed by atoms with Crippen LogP contribution in [0.4, 0.5) is 5.69 Å². The van der Waals surface area contributed by atoms with Crippen molar-refractivity contribution in [2.75, 3.05) is 18.6 Å². The van der Waals surface area contributed by atoms with Crippen LogP contribution in [0.2, 0.25) is 0 Å². The van der Waals surface area contributed by atoms with Crippen LogP contribution in [0.1, 0.15) is 34.9 Å². The number of nitrogens with one attached hydrogen (secondary N) is 1. The Hall–Kier alpha value is -2.47. The molecule has 0 aliphatic carbocycles. The molecule has 156 valence electrons. The molecule has 0 spiro atoms. The molecule has 1 atom stereocenters. The van der Waals surface area contributed by atoms with Crippen molar-refractivity contribution in [3.63, 3.8) is 0 Å². The highest BCUT2D eigenvalue weighted by Crippen LogP contribution is 2.32. The lowest BCUT2D eigenvalue weighted by Gasteiger charge is -2.32. The normalized spacial score (nSPS) is 14.3. The number of anilines is 1. The van der Waals surface area contributed by atoms with Crippen LogP contribution < -0.4 is 15.0 Å². The molecule has 1 aliphatic rings. The quantitative estimate of drug-likeness (QED) is 0.382. The molecule has 4 rings (SSSR count). The van der Waals surface area contributed by atoms with Gasteiger partial charge >= 0.3 is 0 Å². The first-order valence-electron chi connectivity index (χ1n) is 10.3. The Morgan fingerprint density at radius 3 is 2.70 bits per heavy atom. The fourth-order valence-corrected chi connectivity index (χ4v) is 4.16. The number of aliphatic hydroxyl groups excluding tert-OH is 1. The molecule has 0 aromatic heterocycles. The molecule has 0 saturated heterocycles. The highest BCUT2D eigenvalue weighted by Gasteiger charge is 2.20. The lowest BCUT2D eigenvalue weighted by molar-refractivity contribution is 0.137. The standard InChI is InChI=1S/C25H28N2O2S/c1-29-24-7-3-2-5-21(24)17-27-14-4-6-19-15-20(10-13-23(19)27)25(28)26-16-18-8-11-22(30)12-9-18/h2-3,5,7-13,15,25-26,28,30H,4,6,14,16-17H2,1H3. The van der Waals surface area contributed by atoms with Gasteiger partial charge in [0.15, 0.2) is 0 Å². The predicted molar refractivity (Wildman–Crippen MR) is 124 cm³/mol. The predicted octanol–water partition coefficient (Wildman–Crippen LogP) is 4.72. The van der Waals surface area contributed by atoms with Gasteiger partial charge < -0.3 is 14.7 Å². The maximum Gasteiger partial charge on any atom is 0.131 e. The Labute approximate surface area is 183 Å². The van der Waals surface area contributed by atoms with Crippen molar-refractivity contribution in [1.29, 1.82) is 0 Å². The van der Waals surface area contributed by atoms with Crippen molar-refractivity contribution in [2.45, 2.75) is 37.1 Å². The number of aliphatic hydroxyl groups is 1. The first-order valence-corrected chi connectivity index (χ1v) is 10.8. The van der Waals surface area contributed by atoms with Crippen LogP contribution in [0, 0.1) is 0 Å². The highest BCUT2D eigenvalue weighted by molar-refractivity contribution is 7.80. The van der Waals surface area contributed by atoms with E-state index in [1.807, 2.05) is 42.5 Å². The van der Waals surface area contributed by atoms with Gasteiger partial charge in [0.2, 0.25) is 0 Å². The average Bonchev–Trinajstić information content (AvgIpc) is 2.78. The summed E-state index contributed by atoms with van der Waals surface area (Å²) in [4.78, 5) is 3.34. The van der Waals surface area contributed by atoms with Gasteiger partial charge in [0, 0.05) is 35.8 Å². The van der Waals surface area contributed by atoms with Crippen LogP contribution in [0.15, 0.2) is 71.6 Å². The third-order valence-corrected chi connectivity index (χ3v) is 5.92. The number of fused-ring (bicyclic) bond motifs is 1. The lowest BCUT2D eigenvalue weighted by Crippen LogP contribution is -2.29. The third-order valence-electron chi connectivity index (χ3n) is 5.62. The van der Waals surface area contributed by atoms with Gasteiger partial charge in [-0.1, -0.05) is 36.4 Å². The van der Waals surface area contributed by atoms with Crippen molar-refractivity contribution in [3.05, 3.63) is 89.0 Å². The molecule has 30 heavy (non-hydrogen) atoms. The molecule has 4 nitrogen and oxygen atoms in total. The zero-order valence-electron chi connectivity index (χ0n) is 17.2. The Balaban J connectivity index is 1.46. The lowest BCUT2D eigenvalue weighted by atomic mass is 9.98. The van der Waals surface area contributed by atoms with Crippen LogP contribution in [-0.4, -0.2) is 18.8 Å². The van der Waals surface area contributed by atoms with Crippen molar-refractivity contribution in [3.8, 4) is 5.75 Å². The van der Waals surface area contributed by atoms with Crippen LogP contribution in [0.25, 0.3) is 0 Å². The van der Waals surface area contributed by atoms with Crippen LogP contribution >= 0.6 is 12.6 Å². The Bertz CT molecular complexity index is 991. The number of benzene rings is 3. The minimum Gasteiger partial charge on any atom is -0.496 e. The van der Waals surface area contributed by atoms with E-state index < -0.39 is 6.23 Å². The number of thiol groups is 1. The van der Waals surface area contributed by atoms with Crippen molar-refractivity contribution in [2.24, 2.45) is 0 Å². The van der Waals surface area contributed by atoms with Crippen molar-refractivity contribution >= 4 is 18.3 Å². The van der Waals surface area contributed by atoms with Gasteiger partial charge in [0.1, 0.15) is 12.0 Å². The van der Waals surface area contributed by atoms with E-state index in [0.29, 0.717) is 6.54 Å². The van der Waals surface area contributed by atoms with E-state index in [-0.39, 0.29) is 0 Å². The number of aryl methyl sites for hydroxylation is 1. The molecular weight excluding hydrogens is 392 g/mol. The topological polar surface area (TPSA) is 44.7 Å². The molecule has 5 heteroatoms.